The summed E-state index contributed by atoms with van der Waals surface area (Å²) in [6.45, 7) is 2.52. The lowest BCUT2D eigenvalue weighted by molar-refractivity contribution is -0.122. The largest absolute Gasteiger partial charge is 0.496 e. The molecule has 1 spiro atoms. The van der Waals surface area contributed by atoms with E-state index in [-0.39, 0.29) is 17.5 Å². The molecule has 44 heavy (non-hydrogen) atoms. The predicted octanol–water partition coefficient (Wildman–Crippen LogP) is 6.47. The number of methoxy groups -OCH3 is 1. The van der Waals surface area contributed by atoms with Gasteiger partial charge in [0.25, 0.3) is 0 Å². The standard InChI is InChI=1S/C37H32N2O5/c1-3-21-44-25-13-10-12-24(22-25)33(40)31-32(34(41)27-15-6-9-18-30(27)43-2)39-20-19-23-11-4-5-14-26(23)35(39)37(31)28-16-7-8-17-29(28)38-36(37)42/h4-20,22,31-32,35H,3,21H2,1-2H3,(H,38,42)/t31-,32+,35+,37-/m0/s1. The average molecular weight is 585 g/mol. The van der Waals surface area contributed by atoms with E-state index in [1.807, 2.05) is 78.7 Å². The molecule has 1 fully saturated rings. The summed E-state index contributed by atoms with van der Waals surface area (Å²) in [5, 5.41) is 3.09. The molecule has 7 rings (SSSR count). The molecule has 0 radical (unpaired) electrons. The number of fused-ring (bicyclic) bond motifs is 6. The number of amides is 1. The van der Waals surface area contributed by atoms with Crippen molar-refractivity contribution in [3.05, 3.63) is 131 Å². The number of ether oxygens (including phenoxy) is 2. The molecule has 3 aliphatic rings. The van der Waals surface area contributed by atoms with Gasteiger partial charge in [0.15, 0.2) is 11.6 Å². The van der Waals surface area contributed by atoms with Gasteiger partial charge < -0.3 is 19.7 Å². The molecule has 4 atom stereocenters. The smallest absolute Gasteiger partial charge is 0.238 e. The molecule has 4 aromatic carbocycles. The fraction of sp³-hybridized carbons (Fsp3) is 0.216. The van der Waals surface area contributed by atoms with Crippen molar-refractivity contribution in [2.75, 3.05) is 19.0 Å². The van der Waals surface area contributed by atoms with Crippen molar-refractivity contribution >= 4 is 29.2 Å². The third-order valence-corrected chi connectivity index (χ3v) is 9.09. The van der Waals surface area contributed by atoms with Gasteiger partial charge in [-0.2, -0.15) is 0 Å². The molecule has 0 unspecified atom stereocenters. The van der Waals surface area contributed by atoms with Gasteiger partial charge in [0, 0.05) is 17.5 Å². The van der Waals surface area contributed by atoms with E-state index < -0.39 is 23.4 Å². The van der Waals surface area contributed by atoms with E-state index in [1.54, 1.807) is 42.5 Å². The van der Waals surface area contributed by atoms with Crippen LogP contribution in [0, 0.1) is 5.92 Å². The summed E-state index contributed by atoms with van der Waals surface area (Å²) in [6, 6.07) is 27.8. The topological polar surface area (TPSA) is 84.9 Å². The fourth-order valence-electron chi connectivity index (χ4n) is 7.31. The van der Waals surface area contributed by atoms with Crippen LogP contribution in [0.1, 0.15) is 56.8 Å². The highest BCUT2D eigenvalue weighted by Gasteiger charge is 2.70. The highest BCUT2D eigenvalue weighted by Crippen LogP contribution is 2.62. The van der Waals surface area contributed by atoms with Crippen molar-refractivity contribution in [2.45, 2.75) is 30.8 Å². The zero-order chi connectivity index (χ0) is 30.4. The molecule has 7 heteroatoms. The second kappa shape index (κ2) is 10.8. The summed E-state index contributed by atoms with van der Waals surface area (Å²) in [7, 11) is 1.52. The molecule has 220 valence electrons. The van der Waals surface area contributed by atoms with Crippen LogP contribution in [0.4, 0.5) is 5.69 Å². The quantitative estimate of drug-likeness (QED) is 0.239. The summed E-state index contributed by atoms with van der Waals surface area (Å²) < 4.78 is 11.5. The Morgan fingerprint density at radius 3 is 2.52 bits per heavy atom. The van der Waals surface area contributed by atoms with Crippen LogP contribution in [-0.2, 0) is 10.2 Å². The van der Waals surface area contributed by atoms with Crippen molar-refractivity contribution in [3.63, 3.8) is 0 Å². The number of carbonyl (C=O) groups is 3. The lowest BCUT2D eigenvalue weighted by Crippen LogP contribution is -2.49. The second-order valence-electron chi connectivity index (χ2n) is 11.4. The number of anilines is 1. The molecule has 1 amide bonds. The Hall–Kier alpha value is -5.17. The van der Waals surface area contributed by atoms with E-state index in [9.17, 15) is 9.59 Å². The molecule has 0 aromatic heterocycles. The van der Waals surface area contributed by atoms with Crippen LogP contribution in [-0.4, -0.2) is 42.1 Å². The van der Waals surface area contributed by atoms with E-state index in [0.717, 1.165) is 17.5 Å². The Balaban J connectivity index is 1.51. The number of hydrogen-bond donors (Lipinski definition) is 1. The molecule has 0 saturated carbocycles. The Morgan fingerprint density at radius 2 is 1.68 bits per heavy atom. The van der Waals surface area contributed by atoms with Crippen LogP contribution in [0.25, 0.3) is 6.08 Å². The normalized spacial score (nSPS) is 22.6. The van der Waals surface area contributed by atoms with Crippen LogP contribution in [0.15, 0.2) is 103 Å². The maximum absolute atomic E-state index is 15.1. The molecule has 0 bridgehead atoms. The first-order valence-electron chi connectivity index (χ1n) is 14.9. The summed E-state index contributed by atoms with van der Waals surface area (Å²) in [4.78, 5) is 46.5. The van der Waals surface area contributed by atoms with E-state index in [1.165, 1.54) is 7.11 Å². The minimum Gasteiger partial charge on any atom is -0.496 e. The number of carbonyl (C=O) groups excluding carboxylic acids is 3. The number of para-hydroxylation sites is 2. The Kier molecular flexibility index (Phi) is 6.81. The van der Waals surface area contributed by atoms with E-state index >= 15 is 4.79 Å². The van der Waals surface area contributed by atoms with Crippen molar-refractivity contribution in [3.8, 4) is 11.5 Å². The van der Waals surface area contributed by atoms with Crippen molar-refractivity contribution in [1.82, 2.24) is 4.90 Å². The number of hydrogen-bond acceptors (Lipinski definition) is 6. The first-order valence-corrected chi connectivity index (χ1v) is 14.9. The van der Waals surface area contributed by atoms with Crippen LogP contribution in [0.3, 0.4) is 0 Å². The maximum atomic E-state index is 15.1. The van der Waals surface area contributed by atoms with Gasteiger partial charge in [-0.3, -0.25) is 14.4 Å². The molecule has 1 saturated heterocycles. The number of benzene rings is 4. The highest BCUT2D eigenvalue weighted by atomic mass is 16.5. The molecular formula is C37H32N2O5. The van der Waals surface area contributed by atoms with Crippen LogP contribution in [0.5, 0.6) is 11.5 Å². The maximum Gasteiger partial charge on any atom is 0.238 e. The van der Waals surface area contributed by atoms with Gasteiger partial charge in [0.1, 0.15) is 23.0 Å². The first kappa shape index (κ1) is 27.7. The van der Waals surface area contributed by atoms with E-state index in [0.29, 0.717) is 40.5 Å². The van der Waals surface area contributed by atoms with Gasteiger partial charge in [-0.25, -0.2) is 0 Å². The lowest BCUT2D eigenvalue weighted by atomic mass is 9.62. The van der Waals surface area contributed by atoms with Gasteiger partial charge in [0.05, 0.1) is 31.2 Å². The molecule has 3 aliphatic heterocycles. The predicted molar refractivity (Wildman–Crippen MR) is 168 cm³/mol. The lowest BCUT2D eigenvalue weighted by Gasteiger charge is -2.38. The summed E-state index contributed by atoms with van der Waals surface area (Å²) in [5.41, 5.74) is 2.51. The molecular weight excluding hydrogens is 552 g/mol. The van der Waals surface area contributed by atoms with E-state index in [2.05, 4.69) is 5.32 Å². The zero-order valence-corrected chi connectivity index (χ0v) is 24.5. The summed E-state index contributed by atoms with van der Waals surface area (Å²) >= 11 is 0. The number of nitrogens with one attached hydrogen (secondary N) is 1. The molecule has 7 nitrogen and oxygen atoms in total. The molecule has 0 aliphatic carbocycles. The molecule has 1 N–H and O–H groups in total. The summed E-state index contributed by atoms with van der Waals surface area (Å²) in [5.74, 6) is -0.989. The van der Waals surface area contributed by atoms with Crippen LogP contribution >= 0.6 is 0 Å². The van der Waals surface area contributed by atoms with Gasteiger partial charge in [-0.05, 0) is 59.5 Å². The second-order valence-corrected chi connectivity index (χ2v) is 11.4. The Labute approximate surface area is 256 Å². The van der Waals surface area contributed by atoms with Gasteiger partial charge in [0.2, 0.25) is 5.91 Å². The minimum absolute atomic E-state index is 0.290. The molecule has 4 aromatic rings. The zero-order valence-electron chi connectivity index (χ0n) is 24.5. The SMILES string of the molecule is CCCOc1cccc(C(=O)[C@@H]2[C@H](C(=O)c3ccccc3OC)N3C=Cc4ccccc4[C@@H]3[C@@]23C(=O)Nc2ccccc23)c1. The van der Waals surface area contributed by atoms with Gasteiger partial charge >= 0.3 is 0 Å². The number of nitrogens with zero attached hydrogens (tertiary/aromatic N) is 1. The van der Waals surface area contributed by atoms with E-state index in [4.69, 9.17) is 9.47 Å². The van der Waals surface area contributed by atoms with Crippen LogP contribution < -0.4 is 14.8 Å². The first-order chi connectivity index (χ1) is 21.5. The van der Waals surface area contributed by atoms with Crippen molar-refractivity contribution in [2.24, 2.45) is 5.92 Å². The minimum atomic E-state index is -1.41. The Morgan fingerprint density at radius 1 is 0.909 bits per heavy atom. The summed E-state index contributed by atoms with van der Waals surface area (Å²) in [6.07, 6.45) is 4.64. The van der Waals surface area contributed by atoms with Gasteiger partial charge in [-0.1, -0.05) is 73.7 Å². The highest BCUT2D eigenvalue weighted by molar-refractivity contribution is 6.17. The number of Topliss-reactive ketones (excluding diaryl/α,β-unsaturated/α-hetero) is 2. The monoisotopic (exact) mass is 584 g/mol. The third kappa shape index (κ3) is 3.99. The number of rotatable bonds is 8. The average Bonchev–Trinajstić information content (AvgIpc) is 3.55. The molecule has 3 heterocycles. The Bertz CT molecular complexity index is 1830. The van der Waals surface area contributed by atoms with Crippen LogP contribution in [0.2, 0.25) is 0 Å². The third-order valence-electron chi connectivity index (χ3n) is 9.09. The van der Waals surface area contributed by atoms with Crippen molar-refractivity contribution < 1.29 is 23.9 Å². The number of ketones is 2. The fourth-order valence-corrected chi connectivity index (χ4v) is 7.31. The van der Waals surface area contributed by atoms with Crippen molar-refractivity contribution in [1.29, 1.82) is 0 Å². The van der Waals surface area contributed by atoms with Gasteiger partial charge in [-0.15, -0.1) is 0 Å².